The van der Waals surface area contributed by atoms with Gasteiger partial charge < -0.3 is 30.6 Å². The molecule has 151 valence electrons. The second kappa shape index (κ2) is 14.3. The van der Waals surface area contributed by atoms with E-state index in [1.807, 2.05) is 0 Å². The SMILES string of the molecule is O=[N+]([O-])[O-].O=[N+]([O-])[O-].[Au].c1ccc([PH+](c2ccccc2)c2ccccc2)cc1. The second-order valence-corrected chi connectivity index (χ2v) is 7.40. The predicted octanol–water partition coefficient (Wildman–Crippen LogP) is 2.70. The average Bonchev–Trinajstić information content (AvgIpc) is 2.64. The molecule has 0 unspecified atom stereocenters. The summed E-state index contributed by atoms with van der Waals surface area (Å²) >= 11 is 0. The van der Waals surface area contributed by atoms with Gasteiger partial charge in [0, 0.05) is 22.4 Å². The number of rotatable bonds is 3. The molecule has 0 amide bonds. The minimum atomic E-state index is -1.75. The minimum Gasteiger partial charge on any atom is -0.356 e. The van der Waals surface area contributed by atoms with Crippen molar-refractivity contribution in [3.05, 3.63) is 122 Å². The van der Waals surface area contributed by atoms with Gasteiger partial charge in [-0.2, -0.15) is 0 Å². The molecule has 28 heavy (non-hydrogen) atoms. The summed E-state index contributed by atoms with van der Waals surface area (Å²) < 4.78 is 0. The third-order valence-electron chi connectivity index (χ3n) is 3.19. The van der Waals surface area contributed by atoms with Crippen LogP contribution in [-0.4, -0.2) is 10.2 Å². The standard InChI is InChI=1S/C18H15P.Au.2NO3/c1-4-10-16(11-5-1)19(17-12-6-2-7-13-17)18-14-8-3-9-15-18;;2*2-1(3)4/h1-15H;;;/q;;2*-1/p+1. The Labute approximate surface area is 177 Å². The van der Waals surface area contributed by atoms with Crippen molar-refractivity contribution in [2.24, 2.45) is 0 Å². The number of hydrogen-bond donors (Lipinski definition) is 0. The zero-order valence-corrected chi connectivity index (χ0v) is 17.5. The van der Waals surface area contributed by atoms with E-state index in [4.69, 9.17) is 30.6 Å². The molecule has 10 heteroatoms. The Kier molecular flexibility index (Phi) is 12.9. The third kappa shape index (κ3) is 10.4. The van der Waals surface area contributed by atoms with Crippen LogP contribution in [0.1, 0.15) is 0 Å². The van der Waals surface area contributed by atoms with Crippen molar-refractivity contribution in [3.8, 4) is 0 Å². The first-order chi connectivity index (χ1) is 12.9. The fourth-order valence-corrected chi connectivity index (χ4v) is 4.89. The molecule has 0 aliphatic heterocycles. The van der Waals surface area contributed by atoms with Crippen LogP contribution in [0.4, 0.5) is 0 Å². The van der Waals surface area contributed by atoms with Crippen molar-refractivity contribution in [1.82, 2.24) is 0 Å². The number of benzene rings is 3. The molecule has 0 bridgehead atoms. The van der Waals surface area contributed by atoms with Gasteiger partial charge in [-0.3, -0.25) is 0 Å². The molecule has 0 aliphatic carbocycles. The quantitative estimate of drug-likeness (QED) is 0.201. The smallest absolute Gasteiger partial charge is 0.102 e. The minimum absolute atomic E-state index is 0. The molecule has 3 aromatic carbocycles. The number of hydrogen-bond acceptors (Lipinski definition) is 6. The maximum absolute atomic E-state index is 8.25. The van der Waals surface area contributed by atoms with Crippen LogP contribution in [0.3, 0.4) is 0 Å². The molecule has 0 saturated carbocycles. The maximum Gasteiger partial charge on any atom is 0.102 e. The van der Waals surface area contributed by atoms with Crippen LogP contribution < -0.4 is 15.9 Å². The second-order valence-electron chi connectivity index (χ2n) is 4.92. The van der Waals surface area contributed by atoms with E-state index >= 15 is 0 Å². The van der Waals surface area contributed by atoms with E-state index in [0.29, 0.717) is 0 Å². The van der Waals surface area contributed by atoms with Gasteiger partial charge in [0.25, 0.3) is 0 Å². The summed E-state index contributed by atoms with van der Waals surface area (Å²) in [4.78, 5) is 16.5. The zero-order valence-electron chi connectivity index (χ0n) is 14.3. The molecule has 0 aliphatic rings. The first-order valence-corrected chi connectivity index (χ1v) is 9.08. The molecular formula is C18H16AuN2O6P-. The Morgan fingerprint density at radius 3 is 0.857 bits per heavy atom. The molecular weight excluding hydrogens is 568 g/mol. The monoisotopic (exact) mass is 584 g/mol. The van der Waals surface area contributed by atoms with E-state index in [1.54, 1.807) is 0 Å². The van der Waals surface area contributed by atoms with Gasteiger partial charge in [-0.05, 0) is 36.4 Å². The van der Waals surface area contributed by atoms with E-state index in [0.717, 1.165) is 0 Å². The van der Waals surface area contributed by atoms with Crippen LogP contribution >= 0.6 is 7.92 Å². The van der Waals surface area contributed by atoms with Gasteiger partial charge in [0.15, 0.2) is 0 Å². The molecule has 0 aromatic heterocycles. The van der Waals surface area contributed by atoms with Crippen molar-refractivity contribution < 1.29 is 32.6 Å². The Balaban J connectivity index is 0.000000697. The molecule has 3 aromatic rings. The van der Waals surface area contributed by atoms with E-state index < -0.39 is 18.1 Å². The number of nitrogens with zero attached hydrogens (tertiary/aromatic N) is 2. The van der Waals surface area contributed by atoms with Crippen molar-refractivity contribution in [1.29, 1.82) is 0 Å². The maximum atomic E-state index is 8.25. The molecule has 0 atom stereocenters. The zero-order chi connectivity index (χ0) is 20.1. The summed E-state index contributed by atoms with van der Waals surface area (Å²) in [7, 11) is -0.877. The van der Waals surface area contributed by atoms with Crippen LogP contribution in [0.25, 0.3) is 0 Å². The molecule has 8 nitrogen and oxygen atoms in total. The third-order valence-corrected chi connectivity index (χ3v) is 5.92. The van der Waals surface area contributed by atoms with E-state index in [9.17, 15) is 0 Å². The van der Waals surface area contributed by atoms with E-state index in [-0.39, 0.29) is 22.4 Å². The van der Waals surface area contributed by atoms with Crippen LogP contribution in [0.15, 0.2) is 91.0 Å². The van der Waals surface area contributed by atoms with Crippen molar-refractivity contribution in [2.75, 3.05) is 0 Å². The van der Waals surface area contributed by atoms with Gasteiger partial charge in [0.1, 0.15) is 15.9 Å². The van der Waals surface area contributed by atoms with Crippen molar-refractivity contribution in [3.63, 3.8) is 0 Å². The van der Waals surface area contributed by atoms with Crippen LogP contribution in [-0.2, 0) is 22.4 Å². The topological polar surface area (TPSA) is 132 Å². The van der Waals surface area contributed by atoms with Gasteiger partial charge in [-0.25, -0.2) is 0 Å². The summed E-state index contributed by atoms with van der Waals surface area (Å²) in [5, 5.41) is 33.8. The normalized spacial score (nSPS) is 8.89. The molecule has 0 heterocycles. The van der Waals surface area contributed by atoms with Crippen LogP contribution in [0, 0.1) is 30.6 Å². The molecule has 1 radical (unpaired) electrons. The largest absolute Gasteiger partial charge is 0.356 e. The van der Waals surface area contributed by atoms with Gasteiger partial charge in [-0.15, -0.1) is 0 Å². The first kappa shape index (κ1) is 25.2. The van der Waals surface area contributed by atoms with E-state index in [2.05, 4.69) is 91.0 Å². The summed E-state index contributed by atoms with van der Waals surface area (Å²) in [5.41, 5.74) is 0. The van der Waals surface area contributed by atoms with Crippen LogP contribution in [0.2, 0.25) is 0 Å². The fourth-order valence-electron chi connectivity index (χ4n) is 2.31. The van der Waals surface area contributed by atoms with Gasteiger partial charge in [0.2, 0.25) is 0 Å². The van der Waals surface area contributed by atoms with Crippen molar-refractivity contribution >= 4 is 23.8 Å². The Morgan fingerprint density at radius 2 is 0.679 bits per heavy atom. The van der Waals surface area contributed by atoms with Crippen molar-refractivity contribution in [2.45, 2.75) is 0 Å². The first-order valence-electron chi connectivity index (χ1n) is 7.58. The fraction of sp³-hybridized carbons (Fsp3) is 0. The molecule has 0 spiro atoms. The average molecular weight is 584 g/mol. The summed E-state index contributed by atoms with van der Waals surface area (Å²) in [6, 6.07) is 32.5. The van der Waals surface area contributed by atoms with Gasteiger partial charge in [-0.1, -0.05) is 54.6 Å². The Bertz CT molecular complexity index is 711. The predicted molar refractivity (Wildman–Crippen MR) is 107 cm³/mol. The van der Waals surface area contributed by atoms with Gasteiger partial charge >= 0.3 is 0 Å². The molecule has 0 fully saturated rings. The molecule has 0 saturated heterocycles. The Morgan fingerprint density at radius 1 is 0.500 bits per heavy atom. The van der Waals surface area contributed by atoms with E-state index in [1.165, 1.54) is 15.9 Å². The van der Waals surface area contributed by atoms with Gasteiger partial charge in [0.05, 0.1) is 18.1 Å². The molecule has 0 N–H and O–H groups in total. The summed E-state index contributed by atoms with van der Waals surface area (Å²) in [6.07, 6.45) is 0. The molecule has 3 rings (SSSR count). The summed E-state index contributed by atoms with van der Waals surface area (Å²) in [6.45, 7) is 0. The Hall–Kier alpha value is -2.77. The summed E-state index contributed by atoms with van der Waals surface area (Å²) in [5.74, 6) is 0. The van der Waals surface area contributed by atoms with Crippen LogP contribution in [0.5, 0.6) is 0 Å².